The SMILES string of the molecule is CC(=O)NCC(O)=S. The molecule has 1 amide bonds. The van der Waals surface area contributed by atoms with Gasteiger partial charge in [0.05, 0.1) is 6.54 Å². The van der Waals surface area contributed by atoms with E-state index in [-0.39, 0.29) is 17.5 Å². The van der Waals surface area contributed by atoms with E-state index in [0.717, 1.165) is 0 Å². The second kappa shape index (κ2) is 3.37. The van der Waals surface area contributed by atoms with Crippen molar-refractivity contribution in [3.8, 4) is 0 Å². The van der Waals surface area contributed by atoms with Gasteiger partial charge in [-0.1, -0.05) is 0 Å². The number of rotatable bonds is 2. The van der Waals surface area contributed by atoms with E-state index in [1.807, 2.05) is 0 Å². The van der Waals surface area contributed by atoms with Gasteiger partial charge < -0.3 is 10.4 Å². The molecule has 0 saturated carbocycles. The van der Waals surface area contributed by atoms with Crippen LogP contribution in [-0.2, 0) is 4.79 Å². The molecule has 0 aromatic heterocycles. The first-order valence-electron chi connectivity index (χ1n) is 2.09. The van der Waals surface area contributed by atoms with Crippen LogP contribution in [0.15, 0.2) is 0 Å². The minimum absolute atomic E-state index is 0.0741. The fourth-order valence-electron chi connectivity index (χ4n) is 0.200. The zero-order chi connectivity index (χ0) is 6.57. The molecule has 0 spiro atoms. The maximum Gasteiger partial charge on any atom is 0.217 e. The Kier molecular flexibility index (Phi) is 3.10. The van der Waals surface area contributed by atoms with Crippen LogP contribution in [0.25, 0.3) is 0 Å². The van der Waals surface area contributed by atoms with Gasteiger partial charge in [-0.3, -0.25) is 4.79 Å². The highest BCUT2D eigenvalue weighted by atomic mass is 32.1. The number of hydrogen-bond donors (Lipinski definition) is 2. The fraction of sp³-hybridized carbons (Fsp3) is 0.500. The van der Waals surface area contributed by atoms with E-state index in [1.165, 1.54) is 6.92 Å². The number of aliphatic hydroxyl groups excluding tert-OH is 1. The third kappa shape index (κ3) is 5.36. The lowest BCUT2D eigenvalue weighted by Gasteiger charge is -1.94. The van der Waals surface area contributed by atoms with E-state index in [0.29, 0.717) is 0 Å². The van der Waals surface area contributed by atoms with Crippen LogP contribution >= 0.6 is 12.2 Å². The molecule has 0 aliphatic heterocycles. The summed E-state index contributed by atoms with van der Waals surface area (Å²) in [6.45, 7) is 1.43. The van der Waals surface area contributed by atoms with Gasteiger partial charge in [0.2, 0.25) is 5.91 Å². The molecular weight excluding hydrogens is 126 g/mol. The summed E-state index contributed by atoms with van der Waals surface area (Å²) < 4.78 is 0. The monoisotopic (exact) mass is 133 g/mol. The third-order valence-electron chi connectivity index (χ3n) is 0.489. The van der Waals surface area contributed by atoms with Gasteiger partial charge in [-0.05, 0) is 12.2 Å². The van der Waals surface area contributed by atoms with Crippen LogP contribution < -0.4 is 5.32 Å². The number of nitrogens with one attached hydrogen (secondary N) is 1. The number of amides is 1. The van der Waals surface area contributed by atoms with E-state index in [9.17, 15) is 4.79 Å². The van der Waals surface area contributed by atoms with Crippen molar-refractivity contribution in [3.05, 3.63) is 0 Å². The lowest BCUT2D eigenvalue weighted by Crippen LogP contribution is -2.25. The Morgan fingerprint density at radius 3 is 2.50 bits per heavy atom. The van der Waals surface area contributed by atoms with Crippen LogP contribution in [0.1, 0.15) is 6.92 Å². The number of hydrogen-bond acceptors (Lipinski definition) is 2. The van der Waals surface area contributed by atoms with E-state index in [2.05, 4.69) is 17.5 Å². The van der Waals surface area contributed by atoms with Crippen molar-refractivity contribution in [2.45, 2.75) is 6.92 Å². The molecule has 0 saturated heterocycles. The molecule has 0 bridgehead atoms. The first kappa shape index (κ1) is 7.36. The van der Waals surface area contributed by atoms with Crippen molar-refractivity contribution < 1.29 is 9.90 Å². The molecule has 4 heteroatoms. The molecule has 0 aromatic rings. The van der Waals surface area contributed by atoms with Crippen LogP contribution in [0.4, 0.5) is 0 Å². The highest BCUT2D eigenvalue weighted by Crippen LogP contribution is 1.65. The fourth-order valence-corrected chi connectivity index (χ4v) is 0.272. The summed E-state index contributed by atoms with van der Waals surface area (Å²) in [6.07, 6.45) is 0. The van der Waals surface area contributed by atoms with Crippen molar-refractivity contribution in [2.75, 3.05) is 6.54 Å². The minimum atomic E-state index is -0.194. The van der Waals surface area contributed by atoms with Crippen LogP contribution in [-0.4, -0.2) is 22.6 Å². The second-order valence-electron chi connectivity index (χ2n) is 1.30. The molecule has 0 heterocycles. The molecule has 0 radical (unpaired) electrons. The van der Waals surface area contributed by atoms with Gasteiger partial charge in [0, 0.05) is 6.92 Å². The van der Waals surface area contributed by atoms with Gasteiger partial charge in [-0.15, -0.1) is 0 Å². The number of carbonyl (C=O) groups is 1. The average molecular weight is 133 g/mol. The van der Waals surface area contributed by atoms with Crippen LogP contribution in [0.2, 0.25) is 0 Å². The largest absolute Gasteiger partial charge is 0.501 e. The highest BCUT2D eigenvalue weighted by Gasteiger charge is 1.90. The van der Waals surface area contributed by atoms with E-state index in [4.69, 9.17) is 5.11 Å². The van der Waals surface area contributed by atoms with Crippen LogP contribution in [0.3, 0.4) is 0 Å². The summed E-state index contributed by atoms with van der Waals surface area (Å²) in [5.41, 5.74) is 0. The highest BCUT2D eigenvalue weighted by molar-refractivity contribution is 7.80. The Morgan fingerprint density at radius 2 is 2.38 bits per heavy atom. The summed E-state index contributed by atoms with van der Waals surface area (Å²) in [5, 5.41) is 10.4. The van der Waals surface area contributed by atoms with Gasteiger partial charge in [0.1, 0.15) is 0 Å². The van der Waals surface area contributed by atoms with Gasteiger partial charge in [0.15, 0.2) is 5.05 Å². The van der Waals surface area contributed by atoms with Gasteiger partial charge in [-0.2, -0.15) is 0 Å². The number of aliphatic hydroxyl groups is 1. The predicted molar refractivity (Wildman–Crippen MR) is 33.9 cm³/mol. The van der Waals surface area contributed by atoms with Crippen molar-refractivity contribution in [1.82, 2.24) is 5.32 Å². The van der Waals surface area contributed by atoms with Crippen molar-refractivity contribution in [3.63, 3.8) is 0 Å². The zero-order valence-corrected chi connectivity index (χ0v) is 5.29. The maximum atomic E-state index is 10.1. The Hall–Kier alpha value is -0.640. The molecular formula is C4H7NO2S. The molecule has 0 aliphatic rings. The molecule has 2 N–H and O–H groups in total. The average Bonchev–Trinajstić information content (AvgIpc) is 1.61. The molecule has 0 aliphatic carbocycles. The summed E-state index contributed by atoms with van der Waals surface area (Å²) >= 11 is 4.25. The van der Waals surface area contributed by atoms with E-state index in [1.54, 1.807) is 0 Å². The summed E-state index contributed by atoms with van der Waals surface area (Å²) in [4.78, 5) is 10.1. The van der Waals surface area contributed by atoms with Gasteiger partial charge in [0.25, 0.3) is 0 Å². The standard InChI is InChI=1S/C4H7NO2S/c1-3(6)5-2-4(7)8/h2H2,1H3,(H,5,6)(H,7,8). The Morgan fingerprint density at radius 1 is 1.88 bits per heavy atom. The lowest BCUT2D eigenvalue weighted by molar-refractivity contribution is -0.118. The molecule has 8 heavy (non-hydrogen) atoms. The van der Waals surface area contributed by atoms with Crippen molar-refractivity contribution >= 4 is 23.2 Å². The molecule has 46 valence electrons. The third-order valence-corrected chi connectivity index (χ3v) is 0.633. The number of thiocarbonyl (C=S) groups is 1. The predicted octanol–water partition coefficient (Wildman–Crippen LogP) is 0.00790. The zero-order valence-electron chi connectivity index (χ0n) is 4.47. The van der Waals surface area contributed by atoms with Gasteiger partial charge in [-0.25, -0.2) is 0 Å². The topological polar surface area (TPSA) is 49.3 Å². The van der Waals surface area contributed by atoms with Gasteiger partial charge >= 0.3 is 0 Å². The number of carbonyl (C=O) groups excluding carboxylic acids is 1. The Balaban J connectivity index is 3.18. The first-order valence-corrected chi connectivity index (χ1v) is 2.50. The van der Waals surface area contributed by atoms with Crippen LogP contribution in [0.5, 0.6) is 0 Å². The van der Waals surface area contributed by atoms with Crippen molar-refractivity contribution in [1.29, 1.82) is 0 Å². The van der Waals surface area contributed by atoms with Crippen molar-refractivity contribution in [2.24, 2.45) is 0 Å². The Bertz CT molecular complexity index is 98.6. The minimum Gasteiger partial charge on any atom is -0.501 e. The van der Waals surface area contributed by atoms with E-state index < -0.39 is 0 Å². The molecule has 3 nitrogen and oxygen atoms in total. The molecule has 0 unspecified atom stereocenters. The van der Waals surface area contributed by atoms with Crippen LogP contribution in [0, 0.1) is 0 Å². The summed E-state index contributed by atoms with van der Waals surface area (Å²) in [6, 6.07) is 0. The molecule has 0 aromatic carbocycles. The normalized spacial score (nSPS) is 8.12. The second-order valence-corrected chi connectivity index (χ2v) is 1.77. The quantitative estimate of drug-likeness (QED) is 0.521. The smallest absolute Gasteiger partial charge is 0.217 e. The molecule has 0 atom stereocenters. The van der Waals surface area contributed by atoms with E-state index >= 15 is 0 Å². The molecule has 0 rings (SSSR count). The maximum absolute atomic E-state index is 10.1. The molecule has 0 fully saturated rings. The summed E-state index contributed by atoms with van der Waals surface area (Å²) in [5.74, 6) is -0.193. The first-order chi connectivity index (χ1) is 3.63. The Labute approximate surface area is 52.7 Å². The lowest BCUT2D eigenvalue weighted by atomic mass is 10.6. The summed E-state index contributed by atoms with van der Waals surface area (Å²) in [7, 11) is 0.